The third-order valence-corrected chi connectivity index (χ3v) is 4.53. The number of hydrogen-bond acceptors (Lipinski definition) is 2. The number of carbonyl (C=O) groups excluding carboxylic acids is 1. The van der Waals surface area contributed by atoms with Crippen LogP contribution in [0.3, 0.4) is 0 Å². The molecule has 0 bridgehead atoms. The summed E-state index contributed by atoms with van der Waals surface area (Å²) in [7, 11) is 0. The highest BCUT2D eigenvalue weighted by Gasteiger charge is 2.24. The molecule has 3 nitrogen and oxygen atoms in total. The van der Waals surface area contributed by atoms with Crippen molar-refractivity contribution in [1.29, 1.82) is 0 Å². The number of hydrogen-bond donors (Lipinski definition) is 1. The van der Waals surface area contributed by atoms with E-state index in [-0.39, 0.29) is 5.91 Å². The van der Waals surface area contributed by atoms with Gasteiger partial charge >= 0.3 is 0 Å². The lowest BCUT2D eigenvalue weighted by atomic mass is 10.1. The van der Waals surface area contributed by atoms with Crippen molar-refractivity contribution < 1.29 is 4.79 Å². The van der Waals surface area contributed by atoms with Crippen LogP contribution >= 0.6 is 0 Å². The normalized spacial score (nSPS) is 17.6. The third-order valence-electron chi connectivity index (χ3n) is 4.53. The molecule has 0 spiro atoms. The number of nitrogens with zero attached hydrogens (tertiary/aromatic N) is 1. The minimum absolute atomic E-state index is 0.0323. The molecular formula is C19H20N2O. The van der Waals surface area contributed by atoms with E-state index in [4.69, 9.17) is 0 Å². The highest BCUT2D eigenvalue weighted by atomic mass is 16.1. The van der Waals surface area contributed by atoms with Gasteiger partial charge in [-0.15, -0.1) is 0 Å². The Bertz CT molecular complexity index is 706. The molecule has 2 aliphatic rings. The summed E-state index contributed by atoms with van der Waals surface area (Å²) < 4.78 is 0. The first-order valence-corrected chi connectivity index (χ1v) is 8.02. The number of nitrogens with one attached hydrogen (secondary N) is 1. The highest BCUT2D eigenvalue weighted by Crippen LogP contribution is 2.40. The maximum Gasteiger partial charge on any atom is 0.253 e. The van der Waals surface area contributed by atoms with Gasteiger partial charge in [-0.25, -0.2) is 0 Å². The predicted octanol–water partition coefficient (Wildman–Crippen LogP) is 3.31. The van der Waals surface area contributed by atoms with Gasteiger partial charge in [-0.1, -0.05) is 36.4 Å². The molecule has 1 N–H and O–H groups in total. The van der Waals surface area contributed by atoms with Crippen LogP contribution in [0.25, 0.3) is 0 Å². The standard InChI is InChI=1S/C19H20N2O/c22-19-17-6-1-2-7-18(17)21(11-10-20-19)13-14-4-3-5-16(12-14)15-8-9-15/h1-7,12,15H,8-11,13H2,(H,20,22). The summed E-state index contributed by atoms with van der Waals surface area (Å²) in [5.74, 6) is 0.810. The second-order valence-corrected chi connectivity index (χ2v) is 6.21. The van der Waals surface area contributed by atoms with E-state index in [2.05, 4.69) is 34.5 Å². The minimum Gasteiger partial charge on any atom is -0.365 e. The molecule has 0 saturated heterocycles. The molecular weight excluding hydrogens is 272 g/mol. The fourth-order valence-electron chi connectivity index (χ4n) is 3.21. The van der Waals surface area contributed by atoms with E-state index in [9.17, 15) is 4.79 Å². The number of benzene rings is 2. The molecule has 1 fully saturated rings. The van der Waals surface area contributed by atoms with Crippen molar-refractivity contribution in [3.63, 3.8) is 0 Å². The first-order chi connectivity index (χ1) is 10.8. The highest BCUT2D eigenvalue weighted by molar-refractivity contribution is 6.00. The van der Waals surface area contributed by atoms with Crippen molar-refractivity contribution in [2.75, 3.05) is 18.0 Å². The van der Waals surface area contributed by atoms with Gasteiger partial charge in [0.05, 0.1) is 5.56 Å². The van der Waals surface area contributed by atoms with Gasteiger partial charge in [0.25, 0.3) is 5.91 Å². The van der Waals surface area contributed by atoms with Crippen molar-refractivity contribution >= 4 is 11.6 Å². The van der Waals surface area contributed by atoms with Gasteiger partial charge in [0.15, 0.2) is 0 Å². The molecule has 0 radical (unpaired) electrons. The van der Waals surface area contributed by atoms with E-state index in [0.717, 1.165) is 30.3 Å². The van der Waals surface area contributed by atoms with Crippen LogP contribution in [0.2, 0.25) is 0 Å². The summed E-state index contributed by atoms with van der Waals surface area (Å²) in [4.78, 5) is 14.4. The van der Waals surface area contributed by atoms with Crippen LogP contribution in [0.5, 0.6) is 0 Å². The van der Waals surface area contributed by atoms with Crippen molar-refractivity contribution in [2.45, 2.75) is 25.3 Å². The van der Waals surface area contributed by atoms with E-state index in [1.54, 1.807) is 0 Å². The molecule has 2 aromatic carbocycles. The van der Waals surface area contributed by atoms with Crippen LogP contribution in [-0.4, -0.2) is 19.0 Å². The summed E-state index contributed by atoms with van der Waals surface area (Å²) in [6.45, 7) is 2.39. The van der Waals surface area contributed by atoms with Crippen molar-refractivity contribution in [2.24, 2.45) is 0 Å². The van der Waals surface area contributed by atoms with Gasteiger partial charge in [0, 0.05) is 25.3 Å². The van der Waals surface area contributed by atoms with Gasteiger partial charge < -0.3 is 10.2 Å². The van der Waals surface area contributed by atoms with Gasteiger partial charge in [-0.2, -0.15) is 0 Å². The van der Waals surface area contributed by atoms with Crippen LogP contribution in [-0.2, 0) is 6.54 Å². The molecule has 0 unspecified atom stereocenters. The fourth-order valence-corrected chi connectivity index (χ4v) is 3.21. The molecule has 0 atom stereocenters. The third kappa shape index (κ3) is 2.59. The molecule has 1 aliphatic carbocycles. The molecule has 1 aliphatic heterocycles. The zero-order valence-corrected chi connectivity index (χ0v) is 12.6. The average molecular weight is 292 g/mol. The number of carbonyl (C=O) groups is 1. The summed E-state index contributed by atoms with van der Waals surface area (Å²) >= 11 is 0. The Morgan fingerprint density at radius 3 is 2.82 bits per heavy atom. The van der Waals surface area contributed by atoms with Crippen LogP contribution in [0, 0.1) is 0 Å². The molecule has 1 heterocycles. The Morgan fingerprint density at radius 1 is 1.09 bits per heavy atom. The zero-order valence-electron chi connectivity index (χ0n) is 12.6. The van der Waals surface area contributed by atoms with E-state index in [1.165, 1.54) is 24.0 Å². The molecule has 3 heteroatoms. The van der Waals surface area contributed by atoms with Gasteiger partial charge in [-0.05, 0) is 42.0 Å². The summed E-state index contributed by atoms with van der Waals surface area (Å²) in [5.41, 5.74) is 4.61. The summed E-state index contributed by atoms with van der Waals surface area (Å²) in [5, 5.41) is 2.98. The lowest BCUT2D eigenvalue weighted by Gasteiger charge is -2.24. The summed E-state index contributed by atoms with van der Waals surface area (Å²) in [6, 6.07) is 16.8. The molecule has 4 rings (SSSR count). The topological polar surface area (TPSA) is 32.3 Å². The van der Waals surface area contributed by atoms with Crippen molar-refractivity contribution in [3.05, 3.63) is 65.2 Å². The van der Waals surface area contributed by atoms with Crippen LogP contribution in [0.4, 0.5) is 5.69 Å². The first kappa shape index (κ1) is 13.4. The quantitative estimate of drug-likeness (QED) is 0.941. The van der Waals surface area contributed by atoms with Crippen LogP contribution in [0.1, 0.15) is 40.2 Å². The Balaban J connectivity index is 1.63. The second kappa shape index (κ2) is 5.48. The predicted molar refractivity (Wildman–Crippen MR) is 88.2 cm³/mol. The van der Waals surface area contributed by atoms with Crippen LogP contribution < -0.4 is 10.2 Å². The average Bonchev–Trinajstić information content (AvgIpc) is 3.39. The SMILES string of the molecule is O=C1NCCN(Cc2cccc(C3CC3)c2)c2ccccc21. The fraction of sp³-hybridized carbons (Fsp3) is 0.316. The number of amides is 1. The maximum absolute atomic E-state index is 12.1. The van der Waals surface area contributed by atoms with Crippen LogP contribution in [0.15, 0.2) is 48.5 Å². The zero-order chi connectivity index (χ0) is 14.9. The lowest BCUT2D eigenvalue weighted by molar-refractivity contribution is 0.0958. The Labute approximate surface area is 131 Å². The summed E-state index contributed by atoms with van der Waals surface area (Å²) in [6.07, 6.45) is 2.66. The van der Waals surface area contributed by atoms with E-state index < -0.39 is 0 Å². The van der Waals surface area contributed by atoms with Crippen molar-refractivity contribution in [3.8, 4) is 0 Å². The van der Waals surface area contributed by atoms with Crippen molar-refractivity contribution in [1.82, 2.24) is 5.32 Å². The lowest BCUT2D eigenvalue weighted by Crippen LogP contribution is -2.29. The minimum atomic E-state index is 0.0323. The molecule has 0 aromatic heterocycles. The van der Waals surface area contributed by atoms with Gasteiger partial charge in [-0.3, -0.25) is 4.79 Å². The maximum atomic E-state index is 12.1. The van der Waals surface area contributed by atoms with E-state index in [0.29, 0.717) is 6.54 Å². The number of para-hydroxylation sites is 1. The monoisotopic (exact) mass is 292 g/mol. The Kier molecular flexibility index (Phi) is 3.34. The molecule has 1 amide bonds. The molecule has 112 valence electrons. The van der Waals surface area contributed by atoms with E-state index in [1.807, 2.05) is 24.3 Å². The number of fused-ring (bicyclic) bond motifs is 1. The second-order valence-electron chi connectivity index (χ2n) is 6.21. The molecule has 1 saturated carbocycles. The molecule has 2 aromatic rings. The Morgan fingerprint density at radius 2 is 1.95 bits per heavy atom. The first-order valence-electron chi connectivity index (χ1n) is 8.02. The largest absolute Gasteiger partial charge is 0.365 e. The van der Waals surface area contributed by atoms with Gasteiger partial charge in [0.1, 0.15) is 0 Å². The smallest absolute Gasteiger partial charge is 0.253 e. The van der Waals surface area contributed by atoms with E-state index >= 15 is 0 Å². The number of anilines is 1. The Hall–Kier alpha value is -2.29. The molecule has 22 heavy (non-hydrogen) atoms. The number of rotatable bonds is 3. The van der Waals surface area contributed by atoms with Gasteiger partial charge in [0.2, 0.25) is 0 Å².